The second kappa shape index (κ2) is 6.26. The molecule has 6 nitrogen and oxygen atoms in total. The summed E-state index contributed by atoms with van der Waals surface area (Å²) in [6.07, 6.45) is 1.96. The number of aliphatic carboxylic acids is 1. The molecule has 90 valence electrons. The molecule has 0 aliphatic heterocycles. The molecular weight excluding hydrogens is 224 g/mol. The number of carboxylic acids is 1. The Morgan fingerprint density at radius 1 is 1.59 bits per heavy atom. The first kappa shape index (κ1) is 12.7. The Hall–Kier alpha value is -2.37. The van der Waals surface area contributed by atoms with Crippen LogP contribution in [-0.4, -0.2) is 28.8 Å². The summed E-state index contributed by atoms with van der Waals surface area (Å²) in [7, 11) is 0. The number of amides is 1. The number of hydrogen-bond donors (Lipinski definition) is 2. The molecule has 1 amide bonds. The molecule has 0 spiro atoms. The Kier molecular flexibility index (Phi) is 4.68. The summed E-state index contributed by atoms with van der Waals surface area (Å²) >= 11 is 0. The number of carbonyl (C=O) groups is 2. The van der Waals surface area contributed by atoms with E-state index in [1.54, 1.807) is 12.1 Å². The number of pyridine rings is 1. The standard InChI is InChI=1S/C11H12N2O4/c1-2-6-17-11(16)13-10-8(7-9(14)15)4-3-5-12-10/h2-5H,1,6-7H2,(H,14,15)(H,12,13,16). The molecule has 0 bridgehead atoms. The first-order valence-corrected chi connectivity index (χ1v) is 4.84. The molecule has 2 N–H and O–H groups in total. The van der Waals surface area contributed by atoms with Crippen molar-refractivity contribution in [2.75, 3.05) is 11.9 Å². The van der Waals surface area contributed by atoms with Crippen molar-refractivity contribution in [1.29, 1.82) is 0 Å². The fraction of sp³-hybridized carbons (Fsp3) is 0.182. The molecule has 0 saturated carbocycles. The van der Waals surface area contributed by atoms with E-state index in [1.165, 1.54) is 12.3 Å². The van der Waals surface area contributed by atoms with Crippen LogP contribution in [0, 0.1) is 0 Å². The quantitative estimate of drug-likeness (QED) is 0.755. The molecule has 0 aliphatic carbocycles. The minimum absolute atomic E-state index is 0.0763. The topological polar surface area (TPSA) is 88.5 Å². The fourth-order valence-corrected chi connectivity index (χ4v) is 1.12. The number of anilines is 1. The van der Waals surface area contributed by atoms with Gasteiger partial charge in [-0.3, -0.25) is 10.1 Å². The van der Waals surface area contributed by atoms with Gasteiger partial charge in [-0.1, -0.05) is 18.7 Å². The van der Waals surface area contributed by atoms with Gasteiger partial charge < -0.3 is 9.84 Å². The highest BCUT2D eigenvalue weighted by atomic mass is 16.5. The summed E-state index contributed by atoms with van der Waals surface area (Å²) in [5, 5.41) is 11.0. The zero-order chi connectivity index (χ0) is 12.7. The van der Waals surface area contributed by atoms with Gasteiger partial charge in [0.2, 0.25) is 0 Å². The maximum absolute atomic E-state index is 11.2. The highest BCUT2D eigenvalue weighted by Crippen LogP contribution is 2.12. The zero-order valence-corrected chi connectivity index (χ0v) is 9.05. The van der Waals surface area contributed by atoms with E-state index in [-0.39, 0.29) is 18.8 Å². The molecule has 0 unspecified atom stereocenters. The number of ether oxygens (including phenoxy) is 1. The van der Waals surface area contributed by atoms with E-state index >= 15 is 0 Å². The van der Waals surface area contributed by atoms with Crippen LogP contribution in [0.2, 0.25) is 0 Å². The predicted molar refractivity (Wildman–Crippen MR) is 60.7 cm³/mol. The van der Waals surface area contributed by atoms with Crippen molar-refractivity contribution in [3.8, 4) is 0 Å². The summed E-state index contributed by atoms with van der Waals surface area (Å²) in [6.45, 7) is 3.47. The number of hydrogen-bond acceptors (Lipinski definition) is 4. The van der Waals surface area contributed by atoms with Crippen LogP contribution in [0.1, 0.15) is 5.56 Å². The van der Waals surface area contributed by atoms with Crippen molar-refractivity contribution in [3.05, 3.63) is 36.5 Å². The highest BCUT2D eigenvalue weighted by molar-refractivity contribution is 5.85. The molecule has 1 aromatic heterocycles. The lowest BCUT2D eigenvalue weighted by Gasteiger charge is -2.07. The summed E-state index contributed by atoms with van der Waals surface area (Å²) in [6, 6.07) is 3.17. The summed E-state index contributed by atoms with van der Waals surface area (Å²) in [5.41, 5.74) is 0.413. The number of nitrogens with one attached hydrogen (secondary N) is 1. The molecule has 1 aromatic rings. The number of rotatable bonds is 5. The molecule has 0 atom stereocenters. The average molecular weight is 236 g/mol. The maximum Gasteiger partial charge on any atom is 0.413 e. The van der Waals surface area contributed by atoms with E-state index in [2.05, 4.69) is 16.9 Å². The second-order valence-corrected chi connectivity index (χ2v) is 3.09. The van der Waals surface area contributed by atoms with Crippen molar-refractivity contribution in [3.63, 3.8) is 0 Å². The third kappa shape index (κ3) is 4.33. The Labute approximate surface area is 97.9 Å². The lowest BCUT2D eigenvalue weighted by atomic mass is 10.2. The van der Waals surface area contributed by atoms with E-state index < -0.39 is 12.1 Å². The molecule has 17 heavy (non-hydrogen) atoms. The van der Waals surface area contributed by atoms with Gasteiger partial charge >= 0.3 is 12.1 Å². The van der Waals surface area contributed by atoms with Crippen LogP contribution in [0.5, 0.6) is 0 Å². The molecule has 0 aromatic carbocycles. The van der Waals surface area contributed by atoms with Gasteiger partial charge in [0, 0.05) is 11.8 Å². The molecule has 0 fully saturated rings. The van der Waals surface area contributed by atoms with Crippen LogP contribution < -0.4 is 5.32 Å². The number of carbonyl (C=O) groups excluding carboxylic acids is 1. The number of carboxylic acid groups (broad SMARTS) is 1. The van der Waals surface area contributed by atoms with Gasteiger partial charge in [-0.05, 0) is 6.07 Å². The molecule has 0 saturated heterocycles. The average Bonchev–Trinajstić information content (AvgIpc) is 2.28. The lowest BCUT2D eigenvalue weighted by molar-refractivity contribution is -0.136. The van der Waals surface area contributed by atoms with Crippen LogP contribution in [0.4, 0.5) is 10.6 Å². The normalized spacial score (nSPS) is 9.41. The van der Waals surface area contributed by atoms with Gasteiger partial charge in [-0.2, -0.15) is 0 Å². The highest BCUT2D eigenvalue weighted by Gasteiger charge is 2.10. The van der Waals surface area contributed by atoms with Crippen LogP contribution in [0.3, 0.4) is 0 Å². The van der Waals surface area contributed by atoms with Crippen LogP contribution >= 0.6 is 0 Å². The Balaban J connectivity index is 2.72. The molecule has 1 heterocycles. The SMILES string of the molecule is C=CCOC(=O)Nc1ncccc1CC(=O)O. The van der Waals surface area contributed by atoms with E-state index in [0.29, 0.717) is 5.56 Å². The molecule has 6 heteroatoms. The lowest BCUT2D eigenvalue weighted by Crippen LogP contribution is -2.16. The van der Waals surface area contributed by atoms with Gasteiger partial charge in [0.15, 0.2) is 0 Å². The predicted octanol–water partition coefficient (Wildman–Crippen LogP) is 1.44. The minimum atomic E-state index is -1.000. The van der Waals surface area contributed by atoms with Gasteiger partial charge in [0.05, 0.1) is 6.42 Å². The van der Waals surface area contributed by atoms with Crippen molar-refractivity contribution in [2.24, 2.45) is 0 Å². The molecule has 0 aliphatic rings. The Bertz CT molecular complexity index is 431. The molecule has 1 rings (SSSR count). The monoisotopic (exact) mass is 236 g/mol. The van der Waals surface area contributed by atoms with Gasteiger partial charge in [-0.15, -0.1) is 0 Å². The van der Waals surface area contributed by atoms with E-state index in [4.69, 9.17) is 9.84 Å². The summed E-state index contributed by atoms with van der Waals surface area (Å²) in [4.78, 5) is 25.7. The fourth-order valence-electron chi connectivity index (χ4n) is 1.12. The van der Waals surface area contributed by atoms with Gasteiger partial charge in [0.25, 0.3) is 0 Å². The third-order valence-electron chi connectivity index (χ3n) is 1.79. The number of aromatic nitrogens is 1. The zero-order valence-electron chi connectivity index (χ0n) is 9.05. The minimum Gasteiger partial charge on any atom is -0.481 e. The second-order valence-electron chi connectivity index (χ2n) is 3.09. The van der Waals surface area contributed by atoms with Crippen molar-refractivity contribution >= 4 is 17.9 Å². The first-order chi connectivity index (χ1) is 8.13. The van der Waals surface area contributed by atoms with Gasteiger partial charge in [-0.25, -0.2) is 9.78 Å². The Morgan fingerprint density at radius 2 is 2.35 bits per heavy atom. The van der Waals surface area contributed by atoms with Crippen molar-refractivity contribution < 1.29 is 19.4 Å². The van der Waals surface area contributed by atoms with Gasteiger partial charge in [0.1, 0.15) is 12.4 Å². The third-order valence-corrected chi connectivity index (χ3v) is 1.79. The first-order valence-electron chi connectivity index (χ1n) is 4.84. The molecule has 0 radical (unpaired) electrons. The van der Waals surface area contributed by atoms with Crippen molar-refractivity contribution in [2.45, 2.75) is 6.42 Å². The largest absolute Gasteiger partial charge is 0.481 e. The summed E-state index contributed by atoms with van der Waals surface area (Å²) in [5.74, 6) is -0.815. The maximum atomic E-state index is 11.2. The van der Waals surface area contributed by atoms with E-state index in [9.17, 15) is 9.59 Å². The Morgan fingerprint density at radius 3 is 3.00 bits per heavy atom. The van der Waals surface area contributed by atoms with Crippen molar-refractivity contribution in [1.82, 2.24) is 4.98 Å². The van der Waals surface area contributed by atoms with E-state index in [0.717, 1.165) is 0 Å². The van der Waals surface area contributed by atoms with Crippen LogP contribution in [0.25, 0.3) is 0 Å². The smallest absolute Gasteiger partial charge is 0.413 e. The molecular formula is C11H12N2O4. The summed E-state index contributed by atoms with van der Waals surface area (Å²) < 4.78 is 4.70. The van der Waals surface area contributed by atoms with Crippen LogP contribution in [-0.2, 0) is 16.0 Å². The van der Waals surface area contributed by atoms with E-state index in [1.807, 2.05) is 0 Å². The van der Waals surface area contributed by atoms with Crippen LogP contribution in [0.15, 0.2) is 31.0 Å². The number of nitrogens with zero attached hydrogens (tertiary/aromatic N) is 1.